The van der Waals surface area contributed by atoms with Crippen LogP contribution in [0.2, 0.25) is 0 Å². The van der Waals surface area contributed by atoms with E-state index in [1.54, 1.807) is 132 Å². The summed E-state index contributed by atoms with van der Waals surface area (Å²) in [6, 6.07) is 27.1. The maximum Gasteiger partial charge on any atom is 0.410 e. The molecule has 656 valence electrons. The number of Topliss-reactive ketones (excluding diaryl/α,β-unsaturated/α-hetero) is 1. The molecule has 0 spiro atoms. The summed E-state index contributed by atoms with van der Waals surface area (Å²) in [6.07, 6.45) is 1.50. The molecule has 2 heterocycles. The molecule has 28 heteroatoms. The first-order valence-corrected chi connectivity index (χ1v) is 41.3. The average molecular weight is 1680 g/mol. The van der Waals surface area contributed by atoms with Crippen LogP contribution in [-0.4, -0.2) is 216 Å². The third-order valence-corrected chi connectivity index (χ3v) is 21.8. The first kappa shape index (κ1) is 95.5. The highest BCUT2D eigenvalue weighted by molar-refractivity contribution is 6.00. The molecule has 0 aromatic heterocycles. The molecule has 2 aliphatic rings. The molecule has 0 aliphatic carbocycles. The summed E-state index contributed by atoms with van der Waals surface area (Å²) in [5.74, 6) is -8.31. The first-order valence-electron chi connectivity index (χ1n) is 41.3. The van der Waals surface area contributed by atoms with Gasteiger partial charge in [-0.1, -0.05) is 169 Å². The predicted molar refractivity (Wildman–Crippen MR) is 464 cm³/mol. The molecule has 10 amide bonds. The van der Waals surface area contributed by atoms with Gasteiger partial charge < -0.3 is 65.4 Å². The van der Waals surface area contributed by atoms with Gasteiger partial charge in [-0.15, -0.1) is 6.58 Å². The van der Waals surface area contributed by atoms with Crippen molar-refractivity contribution < 1.29 is 86.0 Å². The number of hydrogen-bond acceptors (Lipinski definition) is 18. The monoisotopic (exact) mass is 1680 g/mol. The number of methoxy groups -OCH3 is 2. The van der Waals surface area contributed by atoms with Crippen molar-refractivity contribution in [2.45, 2.75) is 220 Å². The number of ketones is 1. The Kier molecular flexibility index (Phi) is 32.5. The number of nitrogens with zero attached hydrogens (tertiary/aromatic N) is 4. The number of likely N-dealkylation sites (tertiary alicyclic amines) is 2. The highest BCUT2D eigenvalue weighted by Gasteiger charge is 2.49. The lowest BCUT2D eigenvalue weighted by atomic mass is 9.85. The van der Waals surface area contributed by atoms with E-state index in [0.29, 0.717) is 34.4 Å². The normalized spacial score (nSPS) is 17.4. The van der Waals surface area contributed by atoms with Crippen LogP contribution in [0, 0.1) is 22.7 Å². The smallest absolute Gasteiger partial charge is 0.410 e. The first-order chi connectivity index (χ1) is 57.3. The average Bonchev–Trinajstić information content (AvgIpc) is 1.62. The van der Waals surface area contributed by atoms with Gasteiger partial charge in [0.25, 0.3) is 5.91 Å². The van der Waals surface area contributed by atoms with E-state index in [1.807, 2.05) is 84.9 Å². The molecular formula is C94H122N10O18. The number of benzene rings is 6. The Morgan fingerprint density at radius 2 is 0.918 bits per heavy atom. The molecule has 28 nitrogen and oxygen atoms in total. The molecule has 2 fully saturated rings. The molecular weight excluding hydrogens is 1560 g/mol. The van der Waals surface area contributed by atoms with Crippen LogP contribution in [0.3, 0.4) is 0 Å². The van der Waals surface area contributed by atoms with Gasteiger partial charge in [0.15, 0.2) is 5.78 Å². The Balaban J connectivity index is 1.06. The largest absolute Gasteiger partial charge is 0.490 e. The summed E-state index contributed by atoms with van der Waals surface area (Å²) >= 11 is 0. The van der Waals surface area contributed by atoms with Crippen LogP contribution < -0.4 is 36.6 Å². The maximum atomic E-state index is 15.6. The van der Waals surface area contributed by atoms with E-state index < -0.39 is 166 Å². The van der Waals surface area contributed by atoms with Crippen LogP contribution in [0.1, 0.15) is 155 Å². The zero-order valence-corrected chi connectivity index (χ0v) is 73.6. The summed E-state index contributed by atoms with van der Waals surface area (Å²) in [7, 11) is 5.18. The Labute approximate surface area is 715 Å². The Morgan fingerprint density at radius 3 is 1.39 bits per heavy atom. The topological polar surface area (TPSA) is 353 Å². The lowest BCUT2D eigenvalue weighted by Crippen LogP contribution is -2.61. The molecule has 2 aliphatic heterocycles. The van der Waals surface area contributed by atoms with Gasteiger partial charge in [0.05, 0.1) is 26.2 Å². The second-order valence-corrected chi connectivity index (χ2v) is 35.9. The number of likely N-dealkylation sites (N-methyl/N-ethyl adjacent to an activating group) is 2. The number of hydrogen-bond donors (Lipinski definition) is 6. The molecule has 0 bridgehead atoms. The van der Waals surface area contributed by atoms with Crippen LogP contribution in [0.4, 0.5) is 9.59 Å². The molecule has 0 unspecified atom stereocenters. The Bertz CT molecular complexity index is 4810. The number of esters is 2. The number of carbonyl (C=O) groups excluding carboxylic acids is 13. The van der Waals surface area contributed by atoms with Crippen molar-refractivity contribution in [3.05, 3.63) is 187 Å². The Morgan fingerprint density at radius 1 is 0.484 bits per heavy atom. The lowest BCUT2D eigenvalue weighted by molar-refractivity contribution is -0.147. The summed E-state index contributed by atoms with van der Waals surface area (Å²) in [5, 5.41) is 21.0. The Hall–Kier alpha value is -12.0. The zero-order chi connectivity index (χ0) is 90.0. The van der Waals surface area contributed by atoms with Crippen molar-refractivity contribution >= 4 is 98.7 Å². The van der Waals surface area contributed by atoms with Gasteiger partial charge in [-0.05, 0) is 172 Å². The minimum Gasteiger partial charge on any atom is -0.490 e. The van der Waals surface area contributed by atoms with Crippen LogP contribution in [0.15, 0.2) is 159 Å². The van der Waals surface area contributed by atoms with Gasteiger partial charge in [0.2, 0.25) is 41.4 Å². The summed E-state index contributed by atoms with van der Waals surface area (Å²) in [6.45, 7) is 31.2. The van der Waals surface area contributed by atoms with Crippen LogP contribution >= 0.6 is 0 Å². The van der Waals surface area contributed by atoms with Crippen molar-refractivity contribution in [3.63, 3.8) is 0 Å². The molecule has 122 heavy (non-hydrogen) atoms. The van der Waals surface area contributed by atoms with Crippen molar-refractivity contribution in [3.8, 4) is 5.75 Å². The second kappa shape index (κ2) is 41.5. The van der Waals surface area contributed by atoms with E-state index in [-0.39, 0.29) is 76.1 Å². The quantitative estimate of drug-likeness (QED) is 0.0124. The SMILES string of the molecule is C=CCOc1ccc(C[C@H](CC(=O)[C@H](Cc2ccc3ccccc3c2)NC(=O)[C@@H]2C[C@H](NC(=O)c3ccc(C[C@H](NC(=O)[C@H](Cc4ccc5ccccc5c4)NC(=O)[C@@H]4C[C@H](CC=C)CN4C(=O)[C@@H](NC(=O)[C@H](C)N(C)C(=O)OC(C)(C)C)C(C)(C)C)C(=O)OC)cc3)CN2C(=O)[C@@H](NC(=O)[C@H](C)N(C)C(=O)OC(C)(C)C)C(C)(C)C)C(=O)OC)cc1. The summed E-state index contributed by atoms with van der Waals surface area (Å²) in [5.41, 5.74) is -1.21. The van der Waals surface area contributed by atoms with E-state index in [0.717, 1.165) is 38.5 Å². The molecule has 12 atom stereocenters. The minimum absolute atomic E-state index is 0.0526. The van der Waals surface area contributed by atoms with E-state index in [9.17, 15) is 33.6 Å². The third kappa shape index (κ3) is 26.3. The van der Waals surface area contributed by atoms with E-state index in [2.05, 4.69) is 45.1 Å². The van der Waals surface area contributed by atoms with Crippen LogP contribution in [0.5, 0.6) is 5.75 Å². The molecule has 6 N–H and O–H groups in total. The van der Waals surface area contributed by atoms with Crippen molar-refractivity contribution in [1.29, 1.82) is 0 Å². The van der Waals surface area contributed by atoms with Gasteiger partial charge in [0, 0.05) is 58.1 Å². The van der Waals surface area contributed by atoms with Gasteiger partial charge in [-0.25, -0.2) is 14.4 Å². The third-order valence-electron chi connectivity index (χ3n) is 21.8. The number of amides is 10. The molecule has 0 radical (unpaired) electrons. The van der Waals surface area contributed by atoms with Gasteiger partial charge in [-0.2, -0.15) is 0 Å². The molecule has 6 aromatic rings. The standard InChI is InChI=1S/C94H122N10O18/c1-21-27-62-51-74(103(54-62)85(112)77(91(5,6)7)99-79(106)56(3)101(17)89(116)121-93(11,12)13)83(110)97-72(50-61-35-39-64-29-24-26-31-67(64)47-61)82(109)98-73(88(115)119-20)48-59-32-40-65(41-33-59)81(108)95-69-53-75(104(55-69)86(113)78(92(8,9)10)100-80(107)57(4)102(18)90(117)122-94(14,15)16)84(111)96-71(49-60-34-38-63-28-23-25-30-66(63)46-60)76(105)52-68(87(114)118-19)45-58-36-42-70(43-37-58)120-44-22-2/h21-26,28-43,46-47,56-57,62,68-69,71-75,77-78H,1-2,27,44-45,48-55H2,3-20H3,(H,95,108)(H,96,111)(H,97,110)(H,98,109)(H,99,106)(H,100,107)/t56-,57-,62-,68+,69-,71-,72-,73-,74-,75-,77+,78+/m0/s1. The summed E-state index contributed by atoms with van der Waals surface area (Å²) < 4.78 is 27.3. The predicted octanol–water partition coefficient (Wildman–Crippen LogP) is 10.3. The van der Waals surface area contributed by atoms with E-state index in [4.69, 9.17) is 23.7 Å². The minimum atomic E-state index is -1.41. The van der Waals surface area contributed by atoms with E-state index >= 15 is 28.8 Å². The summed E-state index contributed by atoms with van der Waals surface area (Å²) in [4.78, 5) is 194. The zero-order valence-electron chi connectivity index (χ0n) is 73.6. The fraction of sp³-hybridized carbons (Fsp3) is 0.479. The van der Waals surface area contributed by atoms with Crippen LogP contribution in [0.25, 0.3) is 21.5 Å². The van der Waals surface area contributed by atoms with Gasteiger partial charge in [0.1, 0.15) is 71.9 Å². The lowest BCUT2D eigenvalue weighted by Gasteiger charge is -2.37. The van der Waals surface area contributed by atoms with Gasteiger partial charge in [-0.3, -0.25) is 57.7 Å². The number of nitrogens with one attached hydrogen (secondary N) is 6. The molecule has 8 rings (SSSR count). The fourth-order valence-corrected chi connectivity index (χ4v) is 14.8. The number of ether oxygens (including phenoxy) is 5. The number of allylic oxidation sites excluding steroid dienone is 1. The van der Waals surface area contributed by atoms with Crippen LogP contribution in [-0.2, 0) is 92.6 Å². The van der Waals surface area contributed by atoms with Crippen molar-refractivity contribution in [2.24, 2.45) is 22.7 Å². The highest BCUT2D eigenvalue weighted by atomic mass is 16.6. The highest BCUT2D eigenvalue weighted by Crippen LogP contribution is 2.33. The number of rotatable bonds is 34. The number of carbonyl (C=O) groups is 13. The second-order valence-electron chi connectivity index (χ2n) is 35.9. The maximum absolute atomic E-state index is 15.6. The number of fused-ring (bicyclic) bond motifs is 2. The van der Waals surface area contributed by atoms with E-state index in [1.165, 1.54) is 57.0 Å². The van der Waals surface area contributed by atoms with Gasteiger partial charge >= 0.3 is 24.1 Å². The van der Waals surface area contributed by atoms with Crippen molar-refractivity contribution in [1.82, 2.24) is 51.5 Å². The van der Waals surface area contributed by atoms with Crippen molar-refractivity contribution in [2.75, 3.05) is 48.0 Å². The molecule has 6 aromatic carbocycles. The fourth-order valence-electron chi connectivity index (χ4n) is 14.8. The molecule has 2 saturated heterocycles. The molecule has 0 saturated carbocycles.